The number of nitrogens with two attached hydrogens (primary N) is 2. The Morgan fingerprint density at radius 1 is 1.07 bits per heavy atom. The van der Waals surface area contributed by atoms with Gasteiger partial charge in [-0.15, -0.1) is 0 Å². The van der Waals surface area contributed by atoms with Gasteiger partial charge in [0.25, 0.3) is 0 Å². The molecule has 2 aromatic carbocycles. The maximum Gasteiger partial charge on any atom is 0.189 e. The van der Waals surface area contributed by atoms with Crippen LogP contribution in [-0.2, 0) is 16.0 Å². The highest BCUT2D eigenvalue weighted by Gasteiger charge is 2.01. The lowest BCUT2D eigenvalue weighted by atomic mass is 10.2. The molecular weight excluding hydrogens is 446 g/mol. The van der Waals surface area contributed by atoms with Crippen LogP contribution in [0.4, 0.5) is 25.8 Å². The van der Waals surface area contributed by atoms with Crippen molar-refractivity contribution < 1.29 is 18.3 Å². The minimum absolute atomic E-state index is 0.0218. The highest BCUT2D eigenvalue weighted by molar-refractivity contribution is 9.09. The van der Waals surface area contributed by atoms with E-state index in [1.54, 1.807) is 26.4 Å². The molecule has 0 unspecified atom stereocenters. The number of nitrogens with zero attached hydrogens (tertiary/aromatic N) is 1. The average Bonchev–Trinajstić information content (AvgIpc) is 2.73. The SMILES string of the molecule is COCCBr.COCCNc1cc(CN)ccc1F.[C-]#[N+]c1ccc(F)c(N)c1. The van der Waals surface area contributed by atoms with E-state index in [2.05, 4.69) is 30.8 Å². The van der Waals surface area contributed by atoms with Crippen molar-refractivity contribution in [1.82, 2.24) is 0 Å². The lowest BCUT2D eigenvalue weighted by molar-refractivity contribution is 0.210. The van der Waals surface area contributed by atoms with Crippen LogP contribution in [0, 0.1) is 18.2 Å². The number of hydrogen-bond donors (Lipinski definition) is 3. The van der Waals surface area contributed by atoms with Crippen molar-refractivity contribution in [3.63, 3.8) is 0 Å². The van der Waals surface area contributed by atoms with Gasteiger partial charge in [-0.2, -0.15) is 0 Å². The summed E-state index contributed by atoms with van der Waals surface area (Å²) >= 11 is 3.18. The minimum atomic E-state index is -0.479. The second-order valence-corrected chi connectivity index (χ2v) is 6.23. The molecule has 0 spiro atoms. The van der Waals surface area contributed by atoms with Crippen LogP contribution in [0.5, 0.6) is 0 Å². The maximum absolute atomic E-state index is 13.2. The number of anilines is 2. The monoisotopic (exact) mass is 472 g/mol. The Morgan fingerprint density at radius 3 is 2.21 bits per heavy atom. The molecule has 0 bridgehead atoms. The smallest absolute Gasteiger partial charge is 0.189 e. The molecule has 0 radical (unpaired) electrons. The van der Waals surface area contributed by atoms with Crippen molar-refractivity contribution in [3.8, 4) is 0 Å². The third-order valence-corrected chi connectivity index (χ3v) is 3.60. The number of ether oxygens (including phenoxy) is 2. The number of nitrogens with one attached hydrogen (secondary N) is 1. The molecule has 2 rings (SSSR count). The zero-order valence-electron chi connectivity index (χ0n) is 16.6. The molecule has 0 heterocycles. The molecule has 0 saturated carbocycles. The molecule has 0 atom stereocenters. The van der Waals surface area contributed by atoms with Crippen LogP contribution in [0.3, 0.4) is 0 Å². The Morgan fingerprint density at radius 2 is 1.72 bits per heavy atom. The van der Waals surface area contributed by atoms with Gasteiger partial charge < -0.3 is 26.3 Å². The lowest BCUT2D eigenvalue weighted by Crippen LogP contribution is -2.09. The summed E-state index contributed by atoms with van der Waals surface area (Å²) in [6.45, 7) is 8.91. The zero-order valence-corrected chi connectivity index (χ0v) is 18.1. The van der Waals surface area contributed by atoms with Crippen LogP contribution in [0.25, 0.3) is 4.85 Å². The largest absolute Gasteiger partial charge is 0.397 e. The van der Waals surface area contributed by atoms with Gasteiger partial charge in [-0.3, -0.25) is 0 Å². The molecule has 6 nitrogen and oxygen atoms in total. The van der Waals surface area contributed by atoms with Gasteiger partial charge in [-0.05, 0) is 29.8 Å². The van der Waals surface area contributed by atoms with E-state index in [0.717, 1.165) is 17.5 Å². The van der Waals surface area contributed by atoms with E-state index >= 15 is 0 Å². The van der Waals surface area contributed by atoms with Gasteiger partial charge in [0.05, 0.1) is 31.2 Å². The van der Waals surface area contributed by atoms with Crippen LogP contribution in [0.15, 0.2) is 36.4 Å². The molecule has 29 heavy (non-hydrogen) atoms. The average molecular weight is 473 g/mol. The number of halogens is 3. The van der Waals surface area contributed by atoms with Gasteiger partial charge in [0, 0.05) is 32.6 Å². The number of alkyl halides is 1. The number of hydrogen-bond acceptors (Lipinski definition) is 5. The molecule has 9 heteroatoms. The summed E-state index contributed by atoms with van der Waals surface area (Å²) in [5.74, 6) is -0.745. The summed E-state index contributed by atoms with van der Waals surface area (Å²) < 4.78 is 35.1. The molecule has 5 N–H and O–H groups in total. The standard InChI is InChI=1S/C10H15FN2O.C7H5FN2.C3H7BrO/c1-14-5-4-13-10-6-8(7-12)2-3-9(10)11;1-10-5-2-3-6(8)7(9)4-5;1-5-3-2-4/h2-3,6,13H,4-5,7,12H2,1H3;2-4H,9H2;2-3H2,1H3. The Labute approximate surface area is 179 Å². The van der Waals surface area contributed by atoms with Crippen molar-refractivity contribution in [2.45, 2.75) is 6.54 Å². The number of benzene rings is 2. The van der Waals surface area contributed by atoms with Gasteiger partial charge in [-0.25, -0.2) is 13.6 Å². The predicted molar refractivity (Wildman–Crippen MR) is 117 cm³/mol. The van der Waals surface area contributed by atoms with Crippen molar-refractivity contribution >= 4 is 33.0 Å². The van der Waals surface area contributed by atoms with E-state index in [1.807, 2.05) is 0 Å². The summed E-state index contributed by atoms with van der Waals surface area (Å²) in [6, 6.07) is 8.68. The minimum Gasteiger partial charge on any atom is -0.397 e. The second-order valence-electron chi connectivity index (χ2n) is 5.44. The molecule has 160 valence electrons. The lowest BCUT2D eigenvalue weighted by Gasteiger charge is -2.08. The van der Waals surface area contributed by atoms with Crippen LogP contribution >= 0.6 is 15.9 Å². The van der Waals surface area contributed by atoms with Crippen molar-refractivity contribution in [1.29, 1.82) is 0 Å². The summed E-state index contributed by atoms with van der Waals surface area (Å²) in [6.07, 6.45) is 0. The van der Waals surface area contributed by atoms with E-state index in [4.69, 9.17) is 22.8 Å². The van der Waals surface area contributed by atoms with Gasteiger partial charge in [0.15, 0.2) is 5.69 Å². The van der Waals surface area contributed by atoms with E-state index in [1.165, 1.54) is 24.3 Å². The highest BCUT2D eigenvalue weighted by Crippen LogP contribution is 2.18. The maximum atomic E-state index is 13.2. The van der Waals surface area contributed by atoms with Gasteiger partial charge in [0.1, 0.15) is 11.6 Å². The summed E-state index contributed by atoms with van der Waals surface area (Å²) in [5.41, 5.74) is 12.4. The molecule has 0 fully saturated rings. The fourth-order valence-corrected chi connectivity index (χ4v) is 2.12. The highest BCUT2D eigenvalue weighted by atomic mass is 79.9. The van der Waals surface area contributed by atoms with Crippen LogP contribution in [-0.4, -0.2) is 39.3 Å². The van der Waals surface area contributed by atoms with Crippen LogP contribution in [0.2, 0.25) is 0 Å². The summed E-state index contributed by atoms with van der Waals surface area (Å²) in [4.78, 5) is 3.08. The summed E-state index contributed by atoms with van der Waals surface area (Å²) in [7, 11) is 3.29. The first-order chi connectivity index (χ1) is 13.9. The molecule has 0 aliphatic rings. The van der Waals surface area contributed by atoms with Gasteiger partial charge in [-0.1, -0.05) is 28.1 Å². The predicted octanol–water partition coefficient (Wildman–Crippen LogP) is 4.33. The number of nitrogen functional groups attached to an aromatic ring is 1. The van der Waals surface area contributed by atoms with E-state index < -0.39 is 5.82 Å². The normalized spacial score (nSPS) is 9.41. The molecule has 2 aromatic rings. The molecule has 0 saturated heterocycles. The Hall–Kier alpha value is -2.25. The van der Waals surface area contributed by atoms with E-state index in [9.17, 15) is 8.78 Å². The number of rotatable bonds is 7. The fraction of sp³-hybridized carbons (Fsp3) is 0.350. The van der Waals surface area contributed by atoms with Crippen molar-refractivity contribution in [2.24, 2.45) is 5.73 Å². The Balaban J connectivity index is 0.000000455. The van der Waals surface area contributed by atoms with Crippen molar-refractivity contribution in [3.05, 3.63) is 65.0 Å². The Bertz CT molecular complexity index is 756. The fourth-order valence-electron chi connectivity index (χ4n) is 1.80. The van der Waals surface area contributed by atoms with Gasteiger partial charge in [0.2, 0.25) is 0 Å². The van der Waals surface area contributed by atoms with E-state index in [0.29, 0.717) is 31.1 Å². The molecule has 0 aromatic heterocycles. The van der Waals surface area contributed by atoms with E-state index in [-0.39, 0.29) is 11.5 Å². The number of methoxy groups -OCH3 is 2. The summed E-state index contributed by atoms with van der Waals surface area (Å²) in [5, 5.41) is 3.87. The van der Waals surface area contributed by atoms with Crippen LogP contribution < -0.4 is 16.8 Å². The molecular formula is C20H27BrF2N4O2. The molecule has 0 aliphatic carbocycles. The topological polar surface area (TPSA) is 86.9 Å². The van der Waals surface area contributed by atoms with Crippen molar-refractivity contribution in [2.75, 3.05) is 50.4 Å². The first-order valence-corrected chi connectivity index (χ1v) is 9.74. The second kappa shape index (κ2) is 16.7. The molecule has 0 aliphatic heterocycles. The molecule has 0 amide bonds. The van der Waals surface area contributed by atoms with Gasteiger partial charge >= 0.3 is 0 Å². The first kappa shape index (κ1) is 26.8. The van der Waals surface area contributed by atoms with Crippen LogP contribution in [0.1, 0.15) is 5.56 Å². The first-order valence-electron chi connectivity index (χ1n) is 8.62. The quantitative estimate of drug-likeness (QED) is 0.241. The Kier molecular flexibility index (Phi) is 15.4. The zero-order chi connectivity index (χ0) is 22.1. The third kappa shape index (κ3) is 12.0. The third-order valence-electron chi connectivity index (χ3n) is 3.28.